The molecule has 0 amide bonds. The molecule has 4 heteroatoms. The van der Waals surface area contributed by atoms with Crippen molar-refractivity contribution < 1.29 is 17.6 Å². The minimum Gasteiger partial charge on any atom is -0.255 e. The van der Waals surface area contributed by atoms with Gasteiger partial charge in [0.2, 0.25) is 0 Å². The molecular formula is C15H32F4. The average molecular weight is 288 g/mol. The van der Waals surface area contributed by atoms with Crippen LogP contribution in [0.2, 0.25) is 0 Å². The number of hydrogen-bond donors (Lipinski definition) is 0. The fourth-order valence-corrected chi connectivity index (χ4v) is 1.89. The Labute approximate surface area is 117 Å². The molecule has 0 aliphatic rings. The van der Waals surface area contributed by atoms with Gasteiger partial charge in [-0.3, -0.25) is 13.2 Å². The summed E-state index contributed by atoms with van der Waals surface area (Å²) in [6, 6.07) is 0. The topological polar surface area (TPSA) is 0 Å². The zero-order valence-corrected chi connectivity index (χ0v) is 13.6. The first-order valence-corrected chi connectivity index (χ1v) is 6.93. The van der Waals surface area contributed by atoms with E-state index >= 15 is 0 Å². The lowest BCUT2D eigenvalue weighted by atomic mass is 9.71. The van der Waals surface area contributed by atoms with Gasteiger partial charge < -0.3 is 0 Å². The van der Waals surface area contributed by atoms with Crippen LogP contribution >= 0.6 is 0 Å². The molecule has 3 atom stereocenters. The quantitative estimate of drug-likeness (QED) is 0.529. The van der Waals surface area contributed by atoms with Gasteiger partial charge in [-0.15, -0.1) is 0 Å². The molecule has 0 saturated carbocycles. The van der Waals surface area contributed by atoms with Crippen molar-refractivity contribution in [2.24, 2.45) is 17.3 Å². The monoisotopic (exact) mass is 288 g/mol. The van der Waals surface area contributed by atoms with Crippen LogP contribution in [0, 0.1) is 17.3 Å². The number of hydrogen-bond acceptors (Lipinski definition) is 0. The number of alkyl halides is 4. The highest BCUT2D eigenvalue weighted by Crippen LogP contribution is 2.38. The Morgan fingerprint density at radius 3 is 1.63 bits per heavy atom. The molecule has 0 aromatic rings. The third kappa shape index (κ3) is 10.2. The first-order valence-electron chi connectivity index (χ1n) is 6.93. The molecule has 0 rings (SSSR count). The molecule has 0 radical (unpaired) electrons. The SMILES string of the molecule is CCCC(C)C(C)(C)C(F)C(C)CF.CCF.CF. The van der Waals surface area contributed by atoms with E-state index in [0.29, 0.717) is 13.1 Å². The molecule has 0 fully saturated rings. The summed E-state index contributed by atoms with van der Waals surface area (Å²) in [6.45, 7) is 10.3. The summed E-state index contributed by atoms with van der Waals surface area (Å²) >= 11 is 0. The molecule has 0 heterocycles. The van der Waals surface area contributed by atoms with Crippen LogP contribution in [0.4, 0.5) is 17.6 Å². The Hall–Kier alpha value is -0.280. The molecule has 120 valence electrons. The highest BCUT2D eigenvalue weighted by atomic mass is 19.1. The van der Waals surface area contributed by atoms with Crippen LogP contribution in [0.25, 0.3) is 0 Å². The lowest BCUT2D eigenvalue weighted by Gasteiger charge is -2.37. The second kappa shape index (κ2) is 14.1. The van der Waals surface area contributed by atoms with Crippen molar-refractivity contribution in [2.45, 2.75) is 60.6 Å². The highest BCUT2D eigenvalue weighted by molar-refractivity contribution is 4.85. The van der Waals surface area contributed by atoms with Gasteiger partial charge in [-0.25, -0.2) is 4.39 Å². The van der Waals surface area contributed by atoms with Gasteiger partial charge >= 0.3 is 0 Å². The van der Waals surface area contributed by atoms with Gasteiger partial charge in [0.1, 0.15) is 6.17 Å². The fourth-order valence-electron chi connectivity index (χ4n) is 1.89. The van der Waals surface area contributed by atoms with Crippen LogP contribution in [-0.4, -0.2) is 26.7 Å². The van der Waals surface area contributed by atoms with E-state index in [1.54, 1.807) is 6.92 Å². The molecule has 19 heavy (non-hydrogen) atoms. The van der Waals surface area contributed by atoms with E-state index in [-0.39, 0.29) is 6.67 Å². The van der Waals surface area contributed by atoms with Crippen molar-refractivity contribution in [1.29, 1.82) is 0 Å². The van der Waals surface area contributed by atoms with Crippen LogP contribution in [0.1, 0.15) is 54.4 Å². The van der Waals surface area contributed by atoms with E-state index in [0.717, 1.165) is 12.8 Å². The lowest BCUT2D eigenvalue weighted by molar-refractivity contribution is 0.0312. The molecule has 3 unspecified atom stereocenters. The van der Waals surface area contributed by atoms with Gasteiger partial charge in [0.15, 0.2) is 0 Å². The van der Waals surface area contributed by atoms with Crippen LogP contribution in [0.5, 0.6) is 0 Å². The van der Waals surface area contributed by atoms with Crippen LogP contribution in [0.15, 0.2) is 0 Å². The molecule has 0 saturated heterocycles. The Kier molecular flexibility index (Phi) is 17.7. The summed E-state index contributed by atoms with van der Waals surface area (Å²) in [7, 11) is 0.500. The van der Waals surface area contributed by atoms with Crippen molar-refractivity contribution >= 4 is 0 Å². The van der Waals surface area contributed by atoms with E-state index in [9.17, 15) is 17.6 Å². The third-order valence-electron chi connectivity index (χ3n) is 3.45. The van der Waals surface area contributed by atoms with Crippen molar-refractivity contribution in [1.82, 2.24) is 0 Å². The van der Waals surface area contributed by atoms with Crippen molar-refractivity contribution in [3.05, 3.63) is 0 Å². The minimum atomic E-state index is -1.05. The second-order valence-corrected chi connectivity index (χ2v) is 5.31. The summed E-state index contributed by atoms with van der Waals surface area (Å²) in [5.74, 6) is -0.180. The zero-order chi connectivity index (χ0) is 16.1. The Morgan fingerprint density at radius 2 is 1.37 bits per heavy atom. The van der Waals surface area contributed by atoms with Gasteiger partial charge in [0.05, 0.1) is 20.5 Å². The molecule has 0 nitrogen and oxygen atoms in total. The first-order chi connectivity index (χ1) is 8.79. The predicted molar refractivity (Wildman–Crippen MR) is 76.6 cm³/mol. The minimum absolute atomic E-state index is 0.250. The lowest BCUT2D eigenvalue weighted by Crippen LogP contribution is -2.37. The highest BCUT2D eigenvalue weighted by Gasteiger charge is 2.37. The van der Waals surface area contributed by atoms with E-state index < -0.39 is 24.2 Å². The summed E-state index contributed by atoms with van der Waals surface area (Å²) in [5, 5.41) is 0. The normalized spacial score (nSPS) is 15.3. The van der Waals surface area contributed by atoms with E-state index in [4.69, 9.17) is 0 Å². The maximum atomic E-state index is 13.9. The van der Waals surface area contributed by atoms with E-state index in [1.165, 1.54) is 6.92 Å². The molecule has 0 aliphatic carbocycles. The molecule has 0 aromatic heterocycles. The van der Waals surface area contributed by atoms with Gasteiger partial charge in [-0.1, -0.05) is 47.5 Å². The summed E-state index contributed by atoms with van der Waals surface area (Å²) in [5.41, 5.74) is -0.415. The predicted octanol–water partition coefficient (Wildman–Crippen LogP) is 5.95. The summed E-state index contributed by atoms with van der Waals surface area (Å²) in [6.07, 6.45) is 1.02. The first kappa shape index (κ1) is 23.8. The van der Waals surface area contributed by atoms with Crippen molar-refractivity contribution in [3.63, 3.8) is 0 Å². The van der Waals surface area contributed by atoms with Gasteiger partial charge in [0, 0.05) is 5.92 Å². The van der Waals surface area contributed by atoms with E-state index in [2.05, 4.69) is 13.8 Å². The zero-order valence-electron chi connectivity index (χ0n) is 13.6. The maximum Gasteiger partial charge on any atom is 0.110 e. The molecule has 0 aromatic carbocycles. The van der Waals surface area contributed by atoms with Crippen LogP contribution < -0.4 is 0 Å². The number of halogens is 4. The standard InChI is InChI=1S/C12H24F2.C2H5F.CH3F/c1-6-7-10(3)12(4,5)11(14)9(2)8-13;1-2-3;1-2/h9-11H,6-8H2,1-5H3;2H2,1H3;1H3. The van der Waals surface area contributed by atoms with Gasteiger partial charge in [-0.2, -0.15) is 0 Å². The molecule has 0 aliphatic heterocycles. The summed E-state index contributed by atoms with van der Waals surface area (Å²) < 4.78 is 46.1. The summed E-state index contributed by atoms with van der Waals surface area (Å²) in [4.78, 5) is 0. The maximum absolute atomic E-state index is 13.9. The van der Waals surface area contributed by atoms with Crippen molar-refractivity contribution in [2.75, 3.05) is 20.5 Å². The molecular weight excluding hydrogens is 256 g/mol. The Morgan fingerprint density at radius 1 is 1.00 bits per heavy atom. The molecule has 0 spiro atoms. The second-order valence-electron chi connectivity index (χ2n) is 5.31. The Bertz CT molecular complexity index is 172. The molecule has 0 N–H and O–H groups in total. The van der Waals surface area contributed by atoms with Crippen LogP contribution in [-0.2, 0) is 0 Å². The smallest absolute Gasteiger partial charge is 0.110 e. The van der Waals surface area contributed by atoms with Gasteiger partial charge in [0.25, 0.3) is 0 Å². The van der Waals surface area contributed by atoms with Crippen molar-refractivity contribution in [3.8, 4) is 0 Å². The number of rotatable bonds is 6. The van der Waals surface area contributed by atoms with Gasteiger partial charge in [-0.05, 0) is 18.3 Å². The third-order valence-corrected chi connectivity index (χ3v) is 3.45. The average Bonchev–Trinajstić information content (AvgIpc) is 2.40. The Balaban J connectivity index is -0.000000445. The fraction of sp³-hybridized carbons (Fsp3) is 1.00. The molecule has 0 bridgehead atoms. The largest absolute Gasteiger partial charge is 0.255 e. The van der Waals surface area contributed by atoms with E-state index in [1.807, 2.05) is 13.8 Å². The van der Waals surface area contributed by atoms with Crippen LogP contribution in [0.3, 0.4) is 0 Å².